The molecule has 2 fully saturated rings. The molecule has 3 atom stereocenters. The number of cyclic esters (lactones) is 1. The highest BCUT2D eigenvalue weighted by Gasteiger charge is 2.51. The van der Waals surface area contributed by atoms with Crippen LogP contribution in [0.15, 0.2) is 72.0 Å². The monoisotopic (exact) mass is 602 g/mol. The van der Waals surface area contributed by atoms with E-state index in [0.29, 0.717) is 41.3 Å². The van der Waals surface area contributed by atoms with Crippen LogP contribution in [0.4, 0.5) is 18.0 Å². The first kappa shape index (κ1) is 30.0. The summed E-state index contributed by atoms with van der Waals surface area (Å²) in [6, 6.07) is 11.1. The standard InChI is InChI=1S/C36H37F3N2O3/c1-20(2)23-9-11-27(22(4)16-23)25-17-30(34(43-5)40-19-25)28-12-10-26(36(37,38)39)18-29(28)31-13-14-32-33(44-35(42)41(31)32)24-8-6-7-21(3)15-24/h8-12,15-20,31-33H,6-7,13-14H2,1-5H3. The highest BCUT2D eigenvalue weighted by Crippen LogP contribution is 2.49. The number of rotatable bonds is 6. The minimum Gasteiger partial charge on any atom is -0.481 e. The van der Waals surface area contributed by atoms with Crippen molar-refractivity contribution in [1.82, 2.24) is 9.88 Å². The molecule has 2 saturated heterocycles. The average Bonchev–Trinajstić information content (AvgIpc) is 3.57. The second kappa shape index (κ2) is 11.5. The number of hydrogen-bond donors (Lipinski definition) is 0. The summed E-state index contributed by atoms with van der Waals surface area (Å²) < 4.78 is 53.8. The lowest BCUT2D eigenvalue weighted by Crippen LogP contribution is -2.33. The zero-order valence-electron chi connectivity index (χ0n) is 25.7. The number of carbonyl (C=O) groups excluding carboxylic acids is 1. The number of halogens is 3. The number of aromatic nitrogens is 1. The van der Waals surface area contributed by atoms with Gasteiger partial charge in [0.15, 0.2) is 0 Å². The highest BCUT2D eigenvalue weighted by molar-refractivity contribution is 5.80. The summed E-state index contributed by atoms with van der Waals surface area (Å²) in [6.07, 6.45) is 3.41. The largest absolute Gasteiger partial charge is 0.481 e. The highest BCUT2D eigenvalue weighted by atomic mass is 19.4. The van der Waals surface area contributed by atoms with Gasteiger partial charge in [0.1, 0.15) is 6.10 Å². The van der Waals surface area contributed by atoms with E-state index in [0.717, 1.165) is 41.2 Å². The lowest BCUT2D eigenvalue weighted by Gasteiger charge is -2.26. The Morgan fingerprint density at radius 2 is 1.80 bits per heavy atom. The molecule has 1 aromatic heterocycles. The number of fused-ring (bicyclic) bond motifs is 1. The van der Waals surface area contributed by atoms with Crippen LogP contribution in [-0.2, 0) is 10.9 Å². The summed E-state index contributed by atoms with van der Waals surface area (Å²) in [5.41, 5.74) is 7.07. The van der Waals surface area contributed by atoms with Crippen LogP contribution in [0.25, 0.3) is 22.3 Å². The van der Waals surface area contributed by atoms with E-state index in [9.17, 15) is 18.0 Å². The molecule has 1 aliphatic carbocycles. The third-order valence-corrected chi connectivity index (χ3v) is 9.18. The number of methoxy groups -OCH3 is 1. The maximum atomic E-state index is 14.1. The van der Waals surface area contributed by atoms with Crippen molar-refractivity contribution in [2.75, 3.05) is 7.11 Å². The third-order valence-electron chi connectivity index (χ3n) is 9.18. The average molecular weight is 603 g/mol. The predicted molar refractivity (Wildman–Crippen MR) is 164 cm³/mol. The lowest BCUT2D eigenvalue weighted by molar-refractivity contribution is -0.137. The van der Waals surface area contributed by atoms with Crippen molar-refractivity contribution in [2.24, 2.45) is 0 Å². The Morgan fingerprint density at radius 3 is 2.48 bits per heavy atom. The molecular formula is C36H37F3N2O3. The van der Waals surface area contributed by atoms with E-state index in [1.54, 1.807) is 11.1 Å². The number of ether oxygens (including phenoxy) is 2. The van der Waals surface area contributed by atoms with E-state index in [4.69, 9.17) is 9.47 Å². The fraction of sp³-hybridized carbons (Fsp3) is 0.389. The van der Waals surface area contributed by atoms with Gasteiger partial charge in [0, 0.05) is 17.3 Å². The fourth-order valence-electron chi connectivity index (χ4n) is 6.91. The minimum atomic E-state index is -4.55. The summed E-state index contributed by atoms with van der Waals surface area (Å²) in [4.78, 5) is 19.6. The molecular weight excluding hydrogens is 565 g/mol. The van der Waals surface area contributed by atoms with Gasteiger partial charge in [-0.05, 0) is 97.0 Å². The van der Waals surface area contributed by atoms with E-state index < -0.39 is 30.0 Å². The van der Waals surface area contributed by atoms with Gasteiger partial charge in [0.05, 0.1) is 24.8 Å². The minimum absolute atomic E-state index is 0.253. The van der Waals surface area contributed by atoms with Gasteiger partial charge < -0.3 is 9.47 Å². The molecule has 3 heterocycles. The predicted octanol–water partition coefficient (Wildman–Crippen LogP) is 9.57. The number of hydrogen-bond acceptors (Lipinski definition) is 4. The van der Waals surface area contributed by atoms with Crippen LogP contribution in [0.5, 0.6) is 5.88 Å². The van der Waals surface area contributed by atoms with Gasteiger partial charge in [0.2, 0.25) is 5.88 Å². The number of pyridine rings is 1. The molecule has 2 aliphatic heterocycles. The Morgan fingerprint density at radius 1 is 1.02 bits per heavy atom. The molecule has 3 unspecified atom stereocenters. The van der Waals surface area contributed by atoms with Crippen LogP contribution in [0, 0.1) is 6.92 Å². The van der Waals surface area contributed by atoms with Crippen molar-refractivity contribution in [1.29, 1.82) is 0 Å². The van der Waals surface area contributed by atoms with Gasteiger partial charge in [-0.25, -0.2) is 9.78 Å². The first-order chi connectivity index (χ1) is 21.0. The summed E-state index contributed by atoms with van der Waals surface area (Å²) >= 11 is 0. The van der Waals surface area contributed by atoms with Crippen LogP contribution in [0.1, 0.15) is 80.7 Å². The molecule has 1 amide bonds. The van der Waals surface area contributed by atoms with E-state index in [2.05, 4.69) is 56.1 Å². The number of allylic oxidation sites excluding steroid dienone is 2. The molecule has 3 aromatic rings. The molecule has 0 saturated carbocycles. The first-order valence-corrected chi connectivity index (χ1v) is 15.2. The Hall–Kier alpha value is -4.07. The molecule has 0 bridgehead atoms. The molecule has 0 spiro atoms. The van der Waals surface area contributed by atoms with Crippen molar-refractivity contribution in [3.05, 3.63) is 94.2 Å². The number of amides is 1. The Kier molecular flexibility index (Phi) is 7.80. The van der Waals surface area contributed by atoms with E-state index in [-0.39, 0.29) is 6.04 Å². The van der Waals surface area contributed by atoms with Crippen LogP contribution < -0.4 is 4.74 Å². The number of benzene rings is 2. The van der Waals surface area contributed by atoms with Crippen LogP contribution >= 0.6 is 0 Å². The van der Waals surface area contributed by atoms with E-state index in [1.165, 1.54) is 30.4 Å². The zero-order chi connectivity index (χ0) is 31.3. The normalized spacial score (nSPS) is 21.7. The topological polar surface area (TPSA) is 51.7 Å². The molecule has 8 heteroatoms. The van der Waals surface area contributed by atoms with Crippen molar-refractivity contribution in [2.45, 2.75) is 83.7 Å². The number of alkyl halides is 3. The molecule has 230 valence electrons. The van der Waals surface area contributed by atoms with Crippen LogP contribution in [0.2, 0.25) is 0 Å². The van der Waals surface area contributed by atoms with Crippen LogP contribution in [-0.4, -0.2) is 35.2 Å². The van der Waals surface area contributed by atoms with Crippen molar-refractivity contribution < 1.29 is 27.4 Å². The summed E-state index contributed by atoms with van der Waals surface area (Å²) in [5.74, 6) is 0.680. The second-order valence-electron chi connectivity index (χ2n) is 12.4. The first-order valence-electron chi connectivity index (χ1n) is 15.2. The Labute approximate surface area is 256 Å². The Bertz CT molecular complexity index is 1670. The molecule has 6 rings (SSSR count). The molecule has 2 aromatic carbocycles. The summed E-state index contributed by atoms with van der Waals surface area (Å²) in [7, 11) is 1.50. The molecule has 0 N–H and O–H groups in total. The fourth-order valence-corrected chi connectivity index (χ4v) is 6.91. The summed E-state index contributed by atoms with van der Waals surface area (Å²) in [6.45, 7) is 8.39. The van der Waals surface area contributed by atoms with Crippen molar-refractivity contribution in [3.8, 4) is 28.1 Å². The third kappa shape index (κ3) is 5.39. The molecule has 44 heavy (non-hydrogen) atoms. The summed E-state index contributed by atoms with van der Waals surface area (Å²) in [5, 5.41) is 0. The number of aryl methyl sites for hydroxylation is 1. The Balaban J connectivity index is 1.46. The van der Waals surface area contributed by atoms with Gasteiger partial charge >= 0.3 is 12.3 Å². The van der Waals surface area contributed by atoms with E-state index >= 15 is 0 Å². The second-order valence-corrected chi connectivity index (χ2v) is 12.4. The van der Waals surface area contributed by atoms with Crippen molar-refractivity contribution in [3.63, 3.8) is 0 Å². The molecule has 0 radical (unpaired) electrons. The maximum Gasteiger partial charge on any atom is 0.416 e. The van der Waals surface area contributed by atoms with Gasteiger partial charge in [-0.2, -0.15) is 13.2 Å². The van der Waals surface area contributed by atoms with E-state index in [1.807, 2.05) is 13.0 Å². The van der Waals surface area contributed by atoms with Gasteiger partial charge in [-0.15, -0.1) is 0 Å². The lowest BCUT2D eigenvalue weighted by atomic mass is 9.90. The zero-order valence-corrected chi connectivity index (χ0v) is 25.7. The molecule has 5 nitrogen and oxygen atoms in total. The quantitative estimate of drug-likeness (QED) is 0.282. The molecule has 3 aliphatic rings. The van der Waals surface area contributed by atoms with Gasteiger partial charge in [-0.1, -0.05) is 55.8 Å². The smallest absolute Gasteiger partial charge is 0.416 e. The van der Waals surface area contributed by atoms with Crippen molar-refractivity contribution >= 4 is 6.09 Å². The van der Waals surface area contributed by atoms with Gasteiger partial charge in [0.25, 0.3) is 0 Å². The maximum absolute atomic E-state index is 14.1. The number of carbonyl (C=O) groups is 1. The number of nitrogens with zero attached hydrogens (tertiary/aromatic N) is 2. The van der Waals surface area contributed by atoms with Gasteiger partial charge in [-0.3, -0.25) is 4.90 Å². The SMILES string of the molecule is COc1ncc(-c2ccc(C(C)C)cc2C)cc1-c1ccc(C(F)(F)F)cc1C1CCC2C(C3=CCCC(C)=C3)OC(=O)N12. The van der Waals surface area contributed by atoms with Crippen LogP contribution in [0.3, 0.4) is 0 Å².